The molecule has 164 valence electrons. The summed E-state index contributed by atoms with van der Waals surface area (Å²) in [5.74, 6) is 1.07. The van der Waals surface area contributed by atoms with Crippen molar-refractivity contribution in [1.29, 1.82) is 0 Å². The fraction of sp³-hybridized carbons (Fsp3) is 0.917. The van der Waals surface area contributed by atoms with Crippen LogP contribution in [0.5, 0.6) is 0 Å². The zero-order valence-corrected chi connectivity index (χ0v) is 18.8. The predicted molar refractivity (Wildman–Crippen MR) is 114 cm³/mol. The third-order valence-corrected chi connectivity index (χ3v) is 6.56. The summed E-state index contributed by atoms with van der Waals surface area (Å²) < 4.78 is 10.8. The Morgan fingerprint density at radius 3 is 1.89 bits per heavy atom. The third-order valence-electron chi connectivity index (χ3n) is 6.56. The van der Waals surface area contributed by atoms with Crippen LogP contribution in [0.25, 0.3) is 0 Å². The van der Waals surface area contributed by atoms with E-state index in [-0.39, 0.29) is 37.0 Å². The van der Waals surface area contributed by atoms with Crippen LogP contribution in [0.4, 0.5) is 0 Å². The van der Waals surface area contributed by atoms with Gasteiger partial charge in [-0.15, -0.1) is 0 Å². The van der Waals surface area contributed by atoms with Gasteiger partial charge < -0.3 is 9.47 Å². The van der Waals surface area contributed by atoms with Gasteiger partial charge in [-0.2, -0.15) is 0 Å². The first kappa shape index (κ1) is 25.0. The van der Waals surface area contributed by atoms with Crippen molar-refractivity contribution >= 4 is 11.9 Å². The van der Waals surface area contributed by atoms with Crippen LogP contribution in [0.15, 0.2) is 0 Å². The lowest BCUT2D eigenvalue weighted by Gasteiger charge is -2.31. The lowest BCUT2D eigenvalue weighted by Crippen LogP contribution is -2.26. The molecule has 1 aliphatic carbocycles. The lowest BCUT2D eigenvalue weighted by atomic mass is 9.75. The molecule has 1 fully saturated rings. The van der Waals surface area contributed by atoms with Crippen LogP contribution in [0, 0.1) is 23.7 Å². The van der Waals surface area contributed by atoms with Gasteiger partial charge >= 0.3 is 11.9 Å². The minimum Gasteiger partial charge on any atom is -0.462 e. The summed E-state index contributed by atoms with van der Waals surface area (Å²) in [6.45, 7) is 8.80. The van der Waals surface area contributed by atoms with Crippen molar-refractivity contribution in [2.45, 2.75) is 105 Å². The van der Waals surface area contributed by atoms with E-state index in [4.69, 9.17) is 9.47 Å². The van der Waals surface area contributed by atoms with Crippen LogP contribution in [-0.2, 0) is 19.1 Å². The van der Waals surface area contributed by atoms with Crippen LogP contribution in [0.2, 0.25) is 0 Å². The predicted octanol–water partition coefficient (Wildman–Crippen LogP) is 6.31. The average Bonchev–Trinajstić information content (AvgIpc) is 2.73. The molecule has 1 saturated carbocycles. The Kier molecular flexibility index (Phi) is 13.3. The van der Waals surface area contributed by atoms with Crippen molar-refractivity contribution in [2.24, 2.45) is 23.7 Å². The molecule has 0 spiro atoms. The highest BCUT2D eigenvalue weighted by Gasteiger charge is 2.28. The number of carbonyl (C=O) groups excluding carboxylic acids is 2. The molecule has 0 saturated heterocycles. The topological polar surface area (TPSA) is 52.6 Å². The average molecular weight is 397 g/mol. The summed E-state index contributed by atoms with van der Waals surface area (Å²) in [5, 5.41) is 0. The van der Waals surface area contributed by atoms with Crippen LogP contribution < -0.4 is 0 Å². The van der Waals surface area contributed by atoms with E-state index in [0.717, 1.165) is 50.9 Å². The lowest BCUT2D eigenvalue weighted by molar-refractivity contribution is -0.158. The second kappa shape index (κ2) is 14.9. The molecule has 1 rings (SSSR count). The molecule has 0 N–H and O–H groups in total. The number of hydrogen-bond donors (Lipinski definition) is 0. The van der Waals surface area contributed by atoms with E-state index in [1.165, 1.54) is 32.1 Å². The monoisotopic (exact) mass is 396 g/mol. The molecule has 4 heteroatoms. The maximum atomic E-state index is 12.5. The molecular formula is C24H44O4. The molecule has 0 heterocycles. The summed E-state index contributed by atoms with van der Waals surface area (Å²) in [4.78, 5) is 24.6. The fourth-order valence-electron chi connectivity index (χ4n) is 4.55. The Labute approximate surface area is 173 Å². The van der Waals surface area contributed by atoms with Gasteiger partial charge in [-0.3, -0.25) is 9.59 Å². The van der Waals surface area contributed by atoms with Crippen LogP contribution in [0.1, 0.15) is 105 Å². The van der Waals surface area contributed by atoms with Crippen molar-refractivity contribution in [1.82, 2.24) is 0 Å². The van der Waals surface area contributed by atoms with Crippen LogP contribution in [0.3, 0.4) is 0 Å². The molecule has 0 aliphatic heterocycles. The minimum absolute atomic E-state index is 0.0279. The Morgan fingerprint density at radius 1 is 0.821 bits per heavy atom. The van der Waals surface area contributed by atoms with Crippen molar-refractivity contribution in [2.75, 3.05) is 13.2 Å². The number of ether oxygens (including phenoxy) is 2. The van der Waals surface area contributed by atoms with Crippen molar-refractivity contribution in [3.05, 3.63) is 0 Å². The van der Waals surface area contributed by atoms with Gasteiger partial charge in [-0.05, 0) is 37.5 Å². The number of esters is 2. The standard InChI is InChI=1S/C24H44O4/c1-5-9-13-19(6-2)23(25)27-16-17-28-24(26)21(8-4)18-20(7-3)22-14-11-10-12-15-22/h19-22H,5-18H2,1-4H3. The SMILES string of the molecule is CCCCC(CC)C(=O)OCCOC(=O)C(CC)CC(CC)C1CCCCC1. The van der Waals surface area contributed by atoms with E-state index in [2.05, 4.69) is 20.8 Å². The van der Waals surface area contributed by atoms with Crippen molar-refractivity contribution in [3.8, 4) is 0 Å². The molecule has 3 unspecified atom stereocenters. The highest BCUT2D eigenvalue weighted by atomic mass is 16.6. The van der Waals surface area contributed by atoms with Gasteiger partial charge in [0, 0.05) is 0 Å². The fourth-order valence-corrected chi connectivity index (χ4v) is 4.55. The Balaban J connectivity index is 2.35. The molecule has 0 bridgehead atoms. The normalized spacial score (nSPS) is 18.3. The second-order valence-corrected chi connectivity index (χ2v) is 8.49. The first-order valence-corrected chi connectivity index (χ1v) is 11.9. The molecule has 0 amide bonds. The zero-order valence-electron chi connectivity index (χ0n) is 18.8. The van der Waals surface area contributed by atoms with E-state index in [0.29, 0.717) is 5.92 Å². The number of hydrogen-bond acceptors (Lipinski definition) is 4. The molecule has 0 radical (unpaired) electrons. The Hall–Kier alpha value is -1.06. The molecule has 4 nitrogen and oxygen atoms in total. The van der Waals surface area contributed by atoms with Gasteiger partial charge in [0.05, 0.1) is 11.8 Å². The van der Waals surface area contributed by atoms with Crippen LogP contribution in [-0.4, -0.2) is 25.2 Å². The summed E-state index contributed by atoms with van der Waals surface area (Å²) >= 11 is 0. The van der Waals surface area contributed by atoms with Gasteiger partial charge in [0.15, 0.2) is 0 Å². The molecular weight excluding hydrogens is 352 g/mol. The minimum atomic E-state index is -0.151. The first-order valence-electron chi connectivity index (χ1n) is 11.9. The molecule has 28 heavy (non-hydrogen) atoms. The Bertz CT molecular complexity index is 428. The van der Waals surface area contributed by atoms with E-state index in [9.17, 15) is 9.59 Å². The van der Waals surface area contributed by atoms with E-state index in [1.54, 1.807) is 0 Å². The van der Waals surface area contributed by atoms with Gasteiger partial charge in [-0.1, -0.05) is 79.1 Å². The number of carbonyl (C=O) groups is 2. The van der Waals surface area contributed by atoms with Gasteiger partial charge in [0.1, 0.15) is 13.2 Å². The highest BCUT2D eigenvalue weighted by molar-refractivity contribution is 5.73. The van der Waals surface area contributed by atoms with Gasteiger partial charge in [-0.25, -0.2) is 0 Å². The molecule has 0 aromatic rings. The summed E-state index contributed by atoms with van der Waals surface area (Å²) in [7, 11) is 0. The summed E-state index contributed by atoms with van der Waals surface area (Å²) in [5.41, 5.74) is 0. The zero-order chi connectivity index (χ0) is 20.8. The quantitative estimate of drug-likeness (QED) is 0.255. The maximum Gasteiger partial charge on any atom is 0.309 e. The molecule has 1 aliphatic rings. The van der Waals surface area contributed by atoms with Crippen LogP contribution >= 0.6 is 0 Å². The first-order chi connectivity index (χ1) is 13.6. The molecule has 0 aromatic heterocycles. The van der Waals surface area contributed by atoms with Gasteiger partial charge in [0.2, 0.25) is 0 Å². The van der Waals surface area contributed by atoms with E-state index >= 15 is 0 Å². The van der Waals surface area contributed by atoms with Gasteiger partial charge in [0.25, 0.3) is 0 Å². The van der Waals surface area contributed by atoms with Crippen molar-refractivity contribution in [3.63, 3.8) is 0 Å². The van der Waals surface area contributed by atoms with E-state index < -0.39 is 0 Å². The third kappa shape index (κ3) is 8.96. The molecule has 3 atom stereocenters. The highest BCUT2D eigenvalue weighted by Crippen LogP contribution is 2.36. The summed E-state index contributed by atoms with van der Waals surface area (Å²) in [6.07, 6.45) is 13.4. The number of rotatable bonds is 14. The number of unbranched alkanes of at least 4 members (excludes halogenated alkanes) is 1. The van der Waals surface area contributed by atoms with Crippen molar-refractivity contribution < 1.29 is 19.1 Å². The van der Waals surface area contributed by atoms with E-state index in [1.807, 2.05) is 6.92 Å². The Morgan fingerprint density at radius 2 is 1.39 bits per heavy atom. The smallest absolute Gasteiger partial charge is 0.309 e. The molecule has 0 aromatic carbocycles. The second-order valence-electron chi connectivity index (χ2n) is 8.49. The largest absolute Gasteiger partial charge is 0.462 e. The maximum absolute atomic E-state index is 12.5. The summed E-state index contributed by atoms with van der Waals surface area (Å²) in [6, 6.07) is 0.